The minimum absolute atomic E-state index is 0.120. The van der Waals surface area contributed by atoms with Gasteiger partial charge in [0.2, 0.25) is 0 Å². The van der Waals surface area contributed by atoms with Crippen molar-refractivity contribution in [3.8, 4) is 0 Å². The van der Waals surface area contributed by atoms with Crippen LogP contribution in [0.15, 0.2) is 41.5 Å². The van der Waals surface area contributed by atoms with Gasteiger partial charge in [0, 0.05) is 0 Å². The van der Waals surface area contributed by atoms with E-state index in [1.165, 1.54) is 36.8 Å². The van der Waals surface area contributed by atoms with Gasteiger partial charge in [0.15, 0.2) is 0 Å². The quantitative estimate of drug-likeness (QED) is 0.349. The molecule has 0 aliphatic heterocycles. The predicted molar refractivity (Wildman–Crippen MR) is 103 cm³/mol. The summed E-state index contributed by atoms with van der Waals surface area (Å²) in [6, 6.07) is 0. The molecular weight excluding hydrogens is 340 g/mol. The summed E-state index contributed by atoms with van der Waals surface area (Å²) in [5.74, 6) is 3.56. The molecule has 0 radical (unpaired) electrons. The van der Waals surface area contributed by atoms with E-state index in [0.717, 1.165) is 30.1 Å². The molecule has 0 nitrogen and oxygen atoms in total. The second kappa shape index (κ2) is 10.1. The van der Waals surface area contributed by atoms with Gasteiger partial charge in [-0.05, 0) is 5.92 Å². The van der Waals surface area contributed by atoms with E-state index in [1.807, 2.05) is 0 Å². The number of hydrogen-bond donors (Lipinski definition) is 0. The van der Waals surface area contributed by atoms with Crippen molar-refractivity contribution in [2.24, 2.45) is 23.7 Å². The first kappa shape index (κ1) is 20.2. The zero-order valence-electron chi connectivity index (χ0n) is 15.8. The molecule has 24 heavy (non-hydrogen) atoms. The summed E-state index contributed by atoms with van der Waals surface area (Å²) in [6.07, 6.45) is 24.3. The second-order valence-corrected chi connectivity index (χ2v) is 14.4. The Morgan fingerprint density at radius 2 is 1.79 bits per heavy atom. The third-order valence-electron chi connectivity index (χ3n) is 5.17. The van der Waals surface area contributed by atoms with Gasteiger partial charge in [-0.1, -0.05) is 63.7 Å². The van der Waals surface area contributed by atoms with Crippen molar-refractivity contribution in [3.05, 3.63) is 54.0 Å². The van der Waals surface area contributed by atoms with Crippen molar-refractivity contribution in [1.82, 2.24) is 0 Å². The molecule has 0 aromatic carbocycles. The van der Waals surface area contributed by atoms with Crippen LogP contribution >= 0.6 is 0 Å². The predicted octanol–water partition coefficient (Wildman–Crippen LogP) is 6.24. The van der Waals surface area contributed by atoms with Gasteiger partial charge in [0.25, 0.3) is 0 Å². The Hall–Kier alpha value is -0.109. The van der Waals surface area contributed by atoms with Crippen molar-refractivity contribution in [2.45, 2.75) is 59.0 Å². The van der Waals surface area contributed by atoms with Crippen LogP contribution in [0.3, 0.4) is 0 Å². The van der Waals surface area contributed by atoms with Gasteiger partial charge in [-0.25, -0.2) is 11.6 Å². The van der Waals surface area contributed by atoms with E-state index < -0.39 is 0 Å². The van der Waals surface area contributed by atoms with Crippen LogP contribution in [-0.2, 0) is 19.2 Å². The van der Waals surface area contributed by atoms with E-state index in [9.17, 15) is 0 Å². The maximum atomic E-state index is 3.19. The third-order valence-corrected chi connectivity index (χ3v) is 5.17. The molecule has 0 aromatic rings. The van der Waals surface area contributed by atoms with Gasteiger partial charge in [0.05, 0.1) is 0 Å². The van der Waals surface area contributed by atoms with E-state index in [-0.39, 0.29) is 6.19 Å². The summed E-state index contributed by atoms with van der Waals surface area (Å²) in [6.45, 7) is 8.75. The Bertz CT molecular complexity index is 548. The molecule has 4 aliphatic carbocycles. The fourth-order valence-corrected chi connectivity index (χ4v) is 4.20. The maximum absolute atomic E-state index is 3.19. The molecule has 0 bridgehead atoms. The molecule has 4 atom stereocenters. The summed E-state index contributed by atoms with van der Waals surface area (Å²) in [7, 11) is 0. The summed E-state index contributed by atoms with van der Waals surface area (Å²) in [4.78, 5) is 0. The van der Waals surface area contributed by atoms with Crippen molar-refractivity contribution in [1.29, 1.82) is 0 Å². The zero-order chi connectivity index (χ0) is 17.5. The Balaban J connectivity index is 0.000000160. The number of hydrogen-bond acceptors (Lipinski definition) is 0. The molecule has 0 saturated heterocycles. The van der Waals surface area contributed by atoms with Crippen LogP contribution in [0.5, 0.6) is 0 Å². The zero-order valence-corrected chi connectivity index (χ0v) is 18.4. The normalized spacial score (nSPS) is 32.4. The summed E-state index contributed by atoms with van der Waals surface area (Å²) in [5.41, 5.74) is 2.72. The molecule has 2 saturated carbocycles. The van der Waals surface area contributed by atoms with E-state index in [0.29, 0.717) is 0 Å². The fraction of sp³-hybridized carbons (Fsp3) is 0.591. The number of rotatable bonds is 0. The van der Waals surface area contributed by atoms with Crippen LogP contribution in [-0.4, -0.2) is 6.19 Å². The molecule has 128 valence electrons. The molecule has 0 heterocycles. The monoisotopic (exact) mass is 372 g/mol. The van der Waals surface area contributed by atoms with Crippen LogP contribution in [0.25, 0.3) is 0 Å². The standard InChI is InChI=1S/C13H17.C7H9.C2H6Si.Ti/c1-3-7-12-10(5-1)9-11-6-2-4-8-13(11)12;1-6-3-4-7(2)5-6;1-3-2;/h1,3,5,7,9-13H,2,4,6,8H2;5H,3H2,1-2H3;1-2H3;/q2*-1;;+2. The molecule has 0 amide bonds. The Kier molecular flexibility index (Phi) is 8.54. The Morgan fingerprint density at radius 1 is 1.12 bits per heavy atom. The number of allylic oxidation sites excluding steroid dienone is 8. The molecule has 0 N–H and O–H groups in total. The molecule has 4 rings (SSSR count). The van der Waals surface area contributed by atoms with Crippen molar-refractivity contribution in [2.75, 3.05) is 0 Å². The van der Waals surface area contributed by atoms with Gasteiger partial charge in [-0.15, -0.1) is 18.4 Å². The Morgan fingerprint density at radius 3 is 2.38 bits per heavy atom. The average molecular weight is 372 g/mol. The van der Waals surface area contributed by atoms with Gasteiger partial charge >= 0.3 is 38.5 Å². The van der Waals surface area contributed by atoms with Crippen LogP contribution in [0.2, 0.25) is 13.1 Å². The molecule has 0 spiro atoms. The van der Waals surface area contributed by atoms with E-state index >= 15 is 0 Å². The topological polar surface area (TPSA) is 0 Å². The summed E-state index contributed by atoms with van der Waals surface area (Å²) < 4.78 is 0. The van der Waals surface area contributed by atoms with E-state index in [1.54, 1.807) is 0 Å². The third kappa shape index (κ3) is 6.32. The Labute approximate surface area is 161 Å². The summed E-state index contributed by atoms with van der Waals surface area (Å²) >= 11 is 2.27. The molecule has 0 aromatic heterocycles. The summed E-state index contributed by atoms with van der Waals surface area (Å²) in [5, 5.41) is 0. The van der Waals surface area contributed by atoms with Crippen LogP contribution in [0.4, 0.5) is 0 Å². The van der Waals surface area contributed by atoms with Crippen LogP contribution in [0.1, 0.15) is 46.0 Å². The molecule has 2 fully saturated rings. The van der Waals surface area contributed by atoms with Crippen LogP contribution < -0.4 is 0 Å². The molecule has 2 heteroatoms. The van der Waals surface area contributed by atoms with Gasteiger partial charge in [-0.2, -0.15) is 11.5 Å². The first-order valence-corrected chi connectivity index (χ1v) is 14.3. The van der Waals surface area contributed by atoms with Gasteiger partial charge in [0.1, 0.15) is 0 Å². The van der Waals surface area contributed by atoms with Gasteiger partial charge < -0.3 is 6.42 Å². The second-order valence-electron chi connectivity index (χ2n) is 7.76. The number of fused-ring (bicyclic) bond motifs is 3. The first-order valence-electron chi connectivity index (χ1n) is 9.43. The minimum atomic E-state index is 0.120. The van der Waals surface area contributed by atoms with Crippen molar-refractivity contribution < 1.29 is 19.2 Å². The van der Waals surface area contributed by atoms with Crippen molar-refractivity contribution >= 4 is 6.19 Å². The van der Waals surface area contributed by atoms with Gasteiger partial charge in [-0.3, -0.25) is 6.08 Å². The molecule has 4 aliphatic rings. The molecule has 4 unspecified atom stereocenters. The average Bonchev–Trinajstić information content (AvgIpc) is 3.10. The van der Waals surface area contributed by atoms with Crippen molar-refractivity contribution in [3.63, 3.8) is 0 Å². The molecular formula is C22H32SiTi. The van der Waals surface area contributed by atoms with E-state index in [2.05, 4.69) is 89.0 Å². The first-order chi connectivity index (χ1) is 11.5. The van der Waals surface area contributed by atoms with E-state index in [4.69, 9.17) is 0 Å². The van der Waals surface area contributed by atoms with Crippen LogP contribution in [0, 0.1) is 36.2 Å². The fourth-order valence-electron chi connectivity index (χ4n) is 4.20. The SMILES string of the molecule is C1=CC2[CH-]C3CCCCC3C2C=C1.CC1=[C-]CC(C)=C1.C[Si](C)=[Ti+2].